The van der Waals surface area contributed by atoms with Crippen LogP contribution in [-0.4, -0.2) is 35.0 Å². The van der Waals surface area contributed by atoms with Gasteiger partial charge >= 0.3 is 11.6 Å². The van der Waals surface area contributed by atoms with Gasteiger partial charge < -0.3 is 24.6 Å². The minimum Gasteiger partial charge on any atom is -0.480 e. The second-order valence-electron chi connectivity index (χ2n) is 9.32. The van der Waals surface area contributed by atoms with E-state index in [4.69, 9.17) is 20.4 Å². The van der Waals surface area contributed by atoms with Crippen molar-refractivity contribution in [3.63, 3.8) is 0 Å². The summed E-state index contributed by atoms with van der Waals surface area (Å²) in [4.78, 5) is 49.8. The Kier molecular flexibility index (Phi) is 7.59. The number of amides is 2. The van der Waals surface area contributed by atoms with Crippen molar-refractivity contribution >= 4 is 51.3 Å². The predicted octanol–water partition coefficient (Wildman–Crippen LogP) is 3.98. The lowest BCUT2D eigenvalue weighted by Crippen LogP contribution is -2.51. The molecule has 3 N–H and O–H groups in total. The van der Waals surface area contributed by atoms with Crippen molar-refractivity contribution in [2.75, 3.05) is 0 Å². The van der Waals surface area contributed by atoms with E-state index in [2.05, 4.69) is 10.6 Å². The van der Waals surface area contributed by atoms with E-state index in [-0.39, 0.29) is 18.4 Å². The van der Waals surface area contributed by atoms with Crippen molar-refractivity contribution < 1.29 is 28.3 Å². The summed E-state index contributed by atoms with van der Waals surface area (Å²) in [6.45, 7) is 6.96. The average molecular weight is 539 g/mol. The topological polar surface area (TPSA) is 139 Å². The number of hydrogen-bond donors (Lipinski definition) is 3. The number of benzene rings is 2. The van der Waals surface area contributed by atoms with Crippen molar-refractivity contribution in [2.24, 2.45) is 0 Å². The van der Waals surface area contributed by atoms with Gasteiger partial charge in [0.05, 0.1) is 12.0 Å². The van der Waals surface area contributed by atoms with E-state index in [1.807, 2.05) is 19.9 Å². The number of hydrogen-bond acceptors (Lipinski definition) is 6. The highest BCUT2D eigenvalue weighted by Gasteiger charge is 2.25. The zero-order valence-electron chi connectivity index (χ0n) is 21.3. The van der Waals surface area contributed by atoms with E-state index in [0.717, 1.165) is 16.7 Å². The number of carbonyl (C=O) groups excluding carboxylic acids is 2. The number of aryl methyl sites for hydroxylation is 3. The van der Waals surface area contributed by atoms with Crippen LogP contribution >= 0.6 is 11.6 Å². The molecule has 38 heavy (non-hydrogen) atoms. The molecule has 2 aromatic heterocycles. The smallest absolute Gasteiger partial charge is 0.340 e. The normalized spacial score (nSPS) is 12.9. The molecule has 0 saturated carbocycles. The summed E-state index contributed by atoms with van der Waals surface area (Å²) in [6, 6.07) is 7.90. The third-order valence-electron chi connectivity index (χ3n) is 6.66. The van der Waals surface area contributed by atoms with Crippen LogP contribution in [0.1, 0.15) is 34.9 Å². The highest BCUT2D eigenvalue weighted by molar-refractivity contribution is 6.30. The van der Waals surface area contributed by atoms with Crippen molar-refractivity contribution in [3.8, 4) is 0 Å². The zero-order chi connectivity index (χ0) is 27.7. The lowest BCUT2D eigenvalue weighted by Gasteiger charge is -2.19. The largest absolute Gasteiger partial charge is 0.480 e. The van der Waals surface area contributed by atoms with E-state index >= 15 is 0 Å². The Morgan fingerprint density at radius 3 is 2.24 bits per heavy atom. The van der Waals surface area contributed by atoms with Gasteiger partial charge in [-0.05, 0) is 62.6 Å². The fourth-order valence-corrected chi connectivity index (χ4v) is 4.43. The Hall–Kier alpha value is -4.11. The molecular weight excluding hydrogens is 512 g/mol. The van der Waals surface area contributed by atoms with Crippen molar-refractivity contribution in [1.82, 2.24) is 10.6 Å². The van der Waals surface area contributed by atoms with Crippen LogP contribution in [0.2, 0.25) is 5.02 Å². The quantitative estimate of drug-likeness (QED) is 0.288. The molecule has 0 radical (unpaired) electrons. The number of carbonyl (C=O) groups is 3. The molecule has 4 rings (SSSR count). The second kappa shape index (κ2) is 10.7. The molecule has 2 atom stereocenters. The molecule has 4 aromatic rings. The minimum atomic E-state index is -1.21. The lowest BCUT2D eigenvalue weighted by atomic mass is 10.0. The summed E-state index contributed by atoms with van der Waals surface area (Å²) >= 11 is 5.87. The Labute approximate surface area is 222 Å². The van der Waals surface area contributed by atoms with Crippen molar-refractivity contribution in [2.45, 2.75) is 52.6 Å². The molecule has 10 heteroatoms. The van der Waals surface area contributed by atoms with Gasteiger partial charge in [0.1, 0.15) is 29.0 Å². The average Bonchev–Trinajstić information content (AvgIpc) is 3.13. The molecular formula is C28H27ClN2O7. The molecule has 198 valence electrons. The zero-order valence-corrected chi connectivity index (χ0v) is 22.1. The first-order valence-corrected chi connectivity index (χ1v) is 12.4. The molecule has 0 saturated heterocycles. The third-order valence-corrected chi connectivity index (χ3v) is 6.91. The third kappa shape index (κ3) is 5.57. The van der Waals surface area contributed by atoms with Gasteiger partial charge in [0.25, 0.3) is 0 Å². The molecule has 0 aliphatic rings. The predicted molar refractivity (Wildman–Crippen MR) is 142 cm³/mol. The van der Waals surface area contributed by atoms with Gasteiger partial charge in [-0.1, -0.05) is 23.7 Å². The van der Waals surface area contributed by atoms with Gasteiger partial charge in [-0.25, -0.2) is 9.59 Å². The van der Waals surface area contributed by atoms with Crippen molar-refractivity contribution in [1.29, 1.82) is 0 Å². The Morgan fingerprint density at radius 1 is 0.947 bits per heavy atom. The van der Waals surface area contributed by atoms with Gasteiger partial charge in [-0.15, -0.1) is 0 Å². The van der Waals surface area contributed by atoms with Crippen LogP contribution in [0.15, 0.2) is 50.0 Å². The molecule has 0 aliphatic carbocycles. The van der Waals surface area contributed by atoms with Gasteiger partial charge in [-0.3, -0.25) is 9.59 Å². The number of aliphatic carboxylic acids is 1. The fraction of sp³-hybridized carbons (Fsp3) is 0.286. The van der Waals surface area contributed by atoms with E-state index in [1.54, 1.807) is 37.3 Å². The van der Waals surface area contributed by atoms with Crippen molar-refractivity contribution in [3.05, 3.63) is 79.9 Å². The van der Waals surface area contributed by atoms with Gasteiger partial charge in [0, 0.05) is 28.3 Å². The molecule has 0 unspecified atom stereocenters. The Morgan fingerprint density at radius 2 is 1.58 bits per heavy atom. The second-order valence-corrected chi connectivity index (χ2v) is 9.75. The lowest BCUT2D eigenvalue weighted by molar-refractivity contribution is -0.142. The highest BCUT2D eigenvalue weighted by atomic mass is 35.5. The first-order chi connectivity index (χ1) is 17.9. The SMILES string of the molecule is Cc1oc2cc3oc(=O)c(CC(=O)N[C@H](C)C(=O)N[C@@H](Cc4ccc(Cl)cc4)C(=O)O)c(C)c3cc2c1C. The number of carboxylic acids is 1. The minimum absolute atomic E-state index is 0.0408. The first-order valence-electron chi connectivity index (χ1n) is 12.0. The van der Waals surface area contributed by atoms with E-state index < -0.39 is 35.5 Å². The summed E-state index contributed by atoms with van der Waals surface area (Å²) < 4.78 is 11.2. The van der Waals surface area contributed by atoms with Crippen LogP contribution in [0.4, 0.5) is 0 Å². The number of furan rings is 1. The molecule has 2 heterocycles. The summed E-state index contributed by atoms with van der Waals surface area (Å²) in [7, 11) is 0. The number of fused-ring (bicyclic) bond motifs is 2. The van der Waals surface area contributed by atoms with Crippen LogP contribution in [0, 0.1) is 20.8 Å². The van der Waals surface area contributed by atoms with Crippen LogP contribution in [0.3, 0.4) is 0 Å². The molecule has 0 fully saturated rings. The molecule has 9 nitrogen and oxygen atoms in total. The van der Waals surface area contributed by atoms with Gasteiger partial charge in [-0.2, -0.15) is 0 Å². The Balaban J connectivity index is 1.47. The van der Waals surface area contributed by atoms with Gasteiger partial charge in [0.2, 0.25) is 11.8 Å². The molecule has 2 amide bonds. The standard InChI is InChI=1S/C28H27ClN2O7/c1-13-16(4)37-23-12-24-20(10-19(13)23)14(2)21(28(36)38-24)11-25(32)30-15(3)26(33)31-22(27(34)35)9-17-5-7-18(29)8-6-17/h5-8,10,12,15,22H,9,11H2,1-4H3,(H,30,32)(H,31,33)(H,34,35)/t15-,22+/m1/s1. The number of rotatable bonds is 8. The fourth-order valence-electron chi connectivity index (χ4n) is 4.30. The van der Waals surface area contributed by atoms with E-state index in [0.29, 0.717) is 32.7 Å². The summed E-state index contributed by atoms with van der Waals surface area (Å²) in [6.07, 6.45) is -0.268. The first kappa shape index (κ1) is 26.9. The Bertz CT molecular complexity index is 1620. The number of halogens is 1. The monoisotopic (exact) mass is 538 g/mol. The maximum atomic E-state index is 12.8. The maximum absolute atomic E-state index is 12.8. The number of carboxylic acid groups (broad SMARTS) is 1. The van der Waals surface area contributed by atoms with Gasteiger partial charge in [0.15, 0.2) is 0 Å². The van der Waals surface area contributed by atoms with Crippen LogP contribution in [0.25, 0.3) is 21.9 Å². The molecule has 0 bridgehead atoms. The van der Waals surface area contributed by atoms with E-state index in [9.17, 15) is 24.3 Å². The molecule has 0 spiro atoms. The summed E-state index contributed by atoms with van der Waals surface area (Å²) in [5.74, 6) is -1.70. The summed E-state index contributed by atoms with van der Waals surface area (Å²) in [5, 5.41) is 16.6. The highest BCUT2D eigenvalue weighted by Crippen LogP contribution is 2.31. The molecule has 0 aliphatic heterocycles. The van der Waals surface area contributed by atoms with Crippen LogP contribution in [0.5, 0.6) is 0 Å². The van der Waals surface area contributed by atoms with Crippen LogP contribution < -0.4 is 16.3 Å². The van der Waals surface area contributed by atoms with Crippen LogP contribution in [-0.2, 0) is 27.2 Å². The molecule has 2 aromatic carbocycles. The maximum Gasteiger partial charge on any atom is 0.340 e. The number of nitrogens with one attached hydrogen (secondary N) is 2. The van der Waals surface area contributed by atoms with E-state index in [1.165, 1.54) is 6.92 Å². The summed E-state index contributed by atoms with van der Waals surface area (Å²) in [5.41, 5.74) is 2.72.